The Balaban J connectivity index is 2.36. The summed E-state index contributed by atoms with van der Waals surface area (Å²) >= 11 is 0.881. The normalized spacial score (nSPS) is 21.9. The molecule has 1 aliphatic heterocycles. The van der Waals surface area contributed by atoms with Gasteiger partial charge in [-0.1, -0.05) is 0 Å². The van der Waals surface area contributed by atoms with Gasteiger partial charge < -0.3 is 10.2 Å². The Morgan fingerprint density at radius 2 is 2.22 bits per heavy atom. The minimum absolute atomic E-state index is 0.0250. The molecular weight excluding hydrogens is 278 g/mol. The number of piperidine rings is 1. The van der Waals surface area contributed by atoms with Crippen LogP contribution in [0.25, 0.3) is 0 Å². The molecule has 1 saturated heterocycles. The molecule has 0 bridgehead atoms. The number of carboxylic acids is 1. The Bertz CT molecular complexity index is 550. The van der Waals surface area contributed by atoms with Crippen LogP contribution in [-0.2, 0) is 10.0 Å². The van der Waals surface area contributed by atoms with E-state index in [4.69, 9.17) is 5.11 Å². The molecule has 0 saturated carbocycles. The van der Waals surface area contributed by atoms with Crippen LogP contribution in [-0.4, -0.2) is 48.1 Å². The van der Waals surface area contributed by atoms with Gasteiger partial charge in [-0.25, -0.2) is 13.2 Å². The number of carbonyl (C=O) groups is 1. The molecule has 0 amide bonds. The van der Waals surface area contributed by atoms with E-state index in [1.165, 1.54) is 11.4 Å². The molecule has 2 rings (SSSR count). The maximum Gasteiger partial charge on any atom is 0.347 e. The SMILES string of the molecule is O=C(O)c1sccc1S(=O)(=O)N1CCC[C@H](O)C1. The molecule has 2 N–H and O–H groups in total. The van der Waals surface area contributed by atoms with Crippen molar-refractivity contribution in [3.63, 3.8) is 0 Å². The van der Waals surface area contributed by atoms with Gasteiger partial charge in [0.05, 0.1) is 6.10 Å². The monoisotopic (exact) mass is 291 g/mol. The Hall–Kier alpha value is -0.960. The van der Waals surface area contributed by atoms with E-state index in [9.17, 15) is 18.3 Å². The Morgan fingerprint density at radius 1 is 1.50 bits per heavy atom. The lowest BCUT2D eigenvalue weighted by molar-refractivity contribution is 0.0698. The molecule has 2 heterocycles. The first-order valence-corrected chi connectivity index (χ1v) is 7.74. The summed E-state index contributed by atoms with van der Waals surface area (Å²) in [5.41, 5.74) is 0. The lowest BCUT2D eigenvalue weighted by Crippen LogP contribution is -2.42. The molecule has 100 valence electrons. The number of carboxylic acid groups (broad SMARTS) is 1. The molecule has 0 aliphatic carbocycles. The molecule has 0 aromatic carbocycles. The highest BCUT2D eigenvalue weighted by Gasteiger charge is 2.33. The van der Waals surface area contributed by atoms with Gasteiger partial charge in [-0.2, -0.15) is 4.31 Å². The number of rotatable bonds is 3. The highest BCUT2D eigenvalue weighted by atomic mass is 32.2. The molecule has 8 heteroatoms. The predicted molar refractivity (Wildman–Crippen MR) is 65.3 cm³/mol. The molecule has 1 fully saturated rings. The summed E-state index contributed by atoms with van der Waals surface area (Å²) in [7, 11) is -3.82. The highest BCUT2D eigenvalue weighted by molar-refractivity contribution is 7.89. The second-order valence-corrected chi connectivity index (χ2v) is 6.90. The number of thiophene rings is 1. The number of aliphatic hydroxyl groups excluding tert-OH is 1. The van der Waals surface area contributed by atoms with Gasteiger partial charge in [-0.15, -0.1) is 11.3 Å². The maximum atomic E-state index is 12.3. The Labute approximate surface area is 109 Å². The largest absolute Gasteiger partial charge is 0.477 e. The van der Waals surface area contributed by atoms with Crippen LogP contribution in [0, 0.1) is 0 Å². The standard InChI is InChI=1S/C10H13NO5S2/c12-7-2-1-4-11(6-7)18(15,16)8-3-5-17-9(8)10(13)14/h3,5,7,12H,1-2,4,6H2,(H,13,14)/t7-/m0/s1. The fourth-order valence-electron chi connectivity index (χ4n) is 1.93. The van der Waals surface area contributed by atoms with E-state index in [0.29, 0.717) is 19.4 Å². The van der Waals surface area contributed by atoms with Crippen molar-refractivity contribution in [2.75, 3.05) is 13.1 Å². The molecule has 6 nitrogen and oxygen atoms in total. The summed E-state index contributed by atoms with van der Waals surface area (Å²) in [6.45, 7) is 0.339. The third-order valence-corrected chi connectivity index (χ3v) is 5.74. The van der Waals surface area contributed by atoms with Crippen molar-refractivity contribution in [3.05, 3.63) is 16.3 Å². The number of β-amino-alcohol motifs (C(OH)–C–C–N with tert-alkyl or cyclic N) is 1. The van der Waals surface area contributed by atoms with Crippen molar-refractivity contribution < 1.29 is 23.4 Å². The van der Waals surface area contributed by atoms with Crippen molar-refractivity contribution in [1.82, 2.24) is 4.31 Å². The van der Waals surface area contributed by atoms with E-state index in [2.05, 4.69) is 0 Å². The number of hydrogen-bond donors (Lipinski definition) is 2. The van der Waals surface area contributed by atoms with Crippen LogP contribution in [0.4, 0.5) is 0 Å². The van der Waals surface area contributed by atoms with E-state index in [1.54, 1.807) is 0 Å². The fourth-order valence-corrected chi connectivity index (χ4v) is 4.68. The fraction of sp³-hybridized carbons (Fsp3) is 0.500. The van der Waals surface area contributed by atoms with Crippen molar-refractivity contribution in [3.8, 4) is 0 Å². The van der Waals surface area contributed by atoms with E-state index in [-0.39, 0.29) is 16.3 Å². The number of sulfonamides is 1. The molecule has 18 heavy (non-hydrogen) atoms. The van der Waals surface area contributed by atoms with E-state index < -0.39 is 22.1 Å². The Morgan fingerprint density at radius 3 is 2.83 bits per heavy atom. The summed E-state index contributed by atoms with van der Waals surface area (Å²) in [5, 5.41) is 19.9. The van der Waals surface area contributed by atoms with Crippen LogP contribution in [0.1, 0.15) is 22.5 Å². The number of aromatic carboxylic acids is 1. The lowest BCUT2D eigenvalue weighted by atomic mass is 10.1. The van der Waals surface area contributed by atoms with Crippen LogP contribution in [0.15, 0.2) is 16.3 Å². The van der Waals surface area contributed by atoms with Gasteiger partial charge in [0, 0.05) is 13.1 Å². The summed E-state index contributed by atoms with van der Waals surface area (Å²) < 4.78 is 25.7. The summed E-state index contributed by atoms with van der Waals surface area (Å²) in [6.07, 6.45) is 0.467. The van der Waals surface area contributed by atoms with Gasteiger partial charge >= 0.3 is 5.97 Å². The first-order valence-electron chi connectivity index (χ1n) is 5.42. The maximum absolute atomic E-state index is 12.3. The first kappa shape index (κ1) is 13.5. The van der Waals surface area contributed by atoms with Crippen molar-refractivity contribution in [2.45, 2.75) is 23.8 Å². The van der Waals surface area contributed by atoms with Gasteiger partial charge in [0.2, 0.25) is 10.0 Å². The smallest absolute Gasteiger partial charge is 0.347 e. The molecule has 1 aliphatic rings. The van der Waals surface area contributed by atoms with E-state index in [0.717, 1.165) is 15.6 Å². The van der Waals surface area contributed by atoms with Crippen molar-refractivity contribution in [1.29, 1.82) is 0 Å². The second kappa shape index (κ2) is 4.96. The van der Waals surface area contributed by atoms with Crippen molar-refractivity contribution >= 4 is 27.3 Å². The molecule has 1 aromatic rings. The summed E-state index contributed by atoms with van der Waals surface area (Å²) in [5.74, 6) is -1.25. The van der Waals surface area contributed by atoms with Crippen LogP contribution >= 0.6 is 11.3 Å². The van der Waals surface area contributed by atoms with Gasteiger partial charge in [-0.3, -0.25) is 0 Å². The average Bonchev–Trinajstić information content (AvgIpc) is 2.78. The highest BCUT2D eigenvalue weighted by Crippen LogP contribution is 2.27. The first-order chi connectivity index (χ1) is 8.43. The molecule has 0 spiro atoms. The van der Waals surface area contributed by atoms with Gasteiger partial charge in [0.15, 0.2) is 0 Å². The third kappa shape index (κ3) is 2.41. The minimum atomic E-state index is -3.82. The van der Waals surface area contributed by atoms with Crippen LogP contribution in [0.5, 0.6) is 0 Å². The predicted octanol–water partition coefficient (Wildman–Crippen LogP) is 0.592. The average molecular weight is 291 g/mol. The topological polar surface area (TPSA) is 94.9 Å². The van der Waals surface area contributed by atoms with Crippen LogP contribution < -0.4 is 0 Å². The number of nitrogens with zero attached hydrogens (tertiary/aromatic N) is 1. The van der Waals surface area contributed by atoms with Crippen molar-refractivity contribution in [2.24, 2.45) is 0 Å². The summed E-state index contributed by atoms with van der Waals surface area (Å²) in [4.78, 5) is 10.6. The molecular formula is C10H13NO5S2. The van der Waals surface area contributed by atoms with Crippen LogP contribution in [0.2, 0.25) is 0 Å². The number of hydrogen-bond acceptors (Lipinski definition) is 5. The van der Waals surface area contributed by atoms with Gasteiger partial charge in [0.25, 0.3) is 0 Å². The quantitative estimate of drug-likeness (QED) is 0.850. The zero-order chi connectivity index (χ0) is 13.3. The van der Waals surface area contributed by atoms with E-state index in [1.807, 2.05) is 0 Å². The molecule has 1 atom stereocenters. The molecule has 0 radical (unpaired) electrons. The Kier molecular flexibility index (Phi) is 3.71. The van der Waals surface area contributed by atoms with E-state index >= 15 is 0 Å². The number of aliphatic hydroxyl groups is 1. The minimum Gasteiger partial charge on any atom is -0.477 e. The second-order valence-electron chi connectivity index (χ2n) is 4.08. The van der Waals surface area contributed by atoms with Gasteiger partial charge in [-0.05, 0) is 24.3 Å². The zero-order valence-electron chi connectivity index (χ0n) is 9.44. The third-order valence-electron chi connectivity index (χ3n) is 2.80. The van der Waals surface area contributed by atoms with Gasteiger partial charge in [0.1, 0.15) is 9.77 Å². The van der Waals surface area contributed by atoms with Crippen LogP contribution in [0.3, 0.4) is 0 Å². The summed E-state index contributed by atoms with van der Waals surface area (Å²) in [6, 6.07) is 1.30. The molecule has 1 aromatic heterocycles. The molecule has 0 unspecified atom stereocenters. The zero-order valence-corrected chi connectivity index (χ0v) is 11.1. The lowest BCUT2D eigenvalue weighted by Gasteiger charge is -2.29.